The number of carbonyl (C=O) groups is 3. The Labute approximate surface area is 259 Å². The fourth-order valence-corrected chi connectivity index (χ4v) is 5.33. The van der Waals surface area contributed by atoms with E-state index in [1.165, 1.54) is 4.90 Å². The molecule has 44 heavy (non-hydrogen) atoms. The molecule has 2 unspecified atom stereocenters. The third kappa shape index (κ3) is 8.13. The molecule has 228 valence electrons. The van der Waals surface area contributed by atoms with Crippen LogP contribution < -0.4 is 10.6 Å². The molecule has 4 rings (SSSR count). The lowest BCUT2D eigenvalue weighted by molar-refractivity contribution is -0.140. The quantitative estimate of drug-likeness (QED) is 0.190. The number of hydrogen-bond acceptors (Lipinski definition) is 4. The Hall–Kier alpha value is -4.91. The summed E-state index contributed by atoms with van der Waals surface area (Å²) in [4.78, 5) is 43.3. The second-order valence-corrected chi connectivity index (χ2v) is 11.9. The first-order valence-corrected chi connectivity index (χ1v) is 14.8. The molecule has 0 aliphatic heterocycles. The van der Waals surface area contributed by atoms with Gasteiger partial charge in [-0.1, -0.05) is 84.9 Å². The highest BCUT2D eigenvalue weighted by Crippen LogP contribution is 2.30. The van der Waals surface area contributed by atoms with Crippen LogP contribution in [0.3, 0.4) is 0 Å². The fourth-order valence-electron chi connectivity index (χ4n) is 5.33. The molecule has 7 nitrogen and oxygen atoms in total. The van der Waals surface area contributed by atoms with Crippen LogP contribution in [0.2, 0.25) is 0 Å². The van der Waals surface area contributed by atoms with Gasteiger partial charge >= 0.3 is 6.09 Å². The van der Waals surface area contributed by atoms with Crippen molar-refractivity contribution in [1.29, 1.82) is 0 Å². The van der Waals surface area contributed by atoms with Crippen LogP contribution in [-0.2, 0) is 20.7 Å². The Morgan fingerprint density at radius 2 is 1.50 bits per heavy atom. The van der Waals surface area contributed by atoms with E-state index in [2.05, 4.69) is 17.2 Å². The minimum absolute atomic E-state index is 0.0731. The van der Waals surface area contributed by atoms with Crippen LogP contribution >= 0.6 is 0 Å². The number of fused-ring (bicyclic) bond motifs is 1. The van der Waals surface area contributed by atoms with Crippen LogP contribution in [0.5, 0.6) is 0 Å². The molecule has 0 radical (unpaired) electrons. The number of ether oxygens (including phenoxy) is 1. The van der Waals surface area contributed by atoms with Crippen molar-refractivity contribution in [3.63, 3.8) is 0 Å². The van der Waals surface area contributed by atoms with Crippen LogP contribution in [0.4, 0.5) is 10.5 Å². The van der Waals surface area contributed by atoms with Crippen molar-refractivity contribution >= 4 is 34.4 Å². The standard InChI is InChI=1S/C37H41N3O4/c1-7-22-40(35(42)31(23-27-16-9-8-10-17-27)39-36(43)44-37(4,5)6)33(32-25(2)14-13-15-26(32)3)34(41)38-30-21-20-28-18-11-12-19-29(28)24-30/h7-21,24,31,33H,1,22-23H2,2-6H3,(H,38,41)(H,39,43). The molecule has 0 spiro atoms. The molecule has 0 heterocycles. The van der Waals surface area contributed by atoms with Crippen molar-refractivity contribution in [3.05, 3.63) is 126 Å². The average Bonchev–Trinajstić information content (AvgIpc) is 2.97. The number of hydrogen-bond donors (Lipinski definition) is 2. The van der Waals surface area contributed by atoms with Crippen molar-refractivity contribution in [2.75, 3.05) is 11.9 Å². The van der Waals surface area contributed by atoms with Crippen molar-refractivity contribution in [1.82, 2.24) is 10.2 Å². The van der Waals surface area contributed by atoms with E-state index in [4.69, 9.17) is 4.74 Å². The van der Waals surface area contributed by atoms with E-state index in [-0.39, 0.29) is 18.9 Å². The van der Waals surface area contributed by atoms with Gasteiger partial charge in [-0.25, -0.2) is 4.79 Å². The molecular weight excluding hydrogens is 550 g/mol. The monoisotopic (exact) mass is 591 g/mol. The summed E-state index contributed by atoms with van der Waals surface area (Å²) in [6.45, 7) is 13.1. The van der Waals surface area contributed by atoms with Gasteiger partial charge in [-0.05, 0) is 79.8 Å². The van der Waals surface area contributed by atoms with Crippen LogP contribution in [0.25, 0.3) is 10.8 Å². The summed E-state index contributed by atoms with van der Waals surface area (Å²) < 4.78 is 5.52. The minimum Gasteiger partial charge on any atom is -0.444 e. The lowest BCUT2D eigenvalue weighted by atomic mass is 9.93. The molecule has 0 saturated heterocycles. The normalized spacial score (nSPS) is 12.6. The Morgan fingerprint density at radius 1 is 0.864 bits per heavy atom. The number of carbonyl (C=O) groups excluding carboxylic acids is 3. The third-order valence-corrected chi connectivity index (χ3v) is 7.27. The van der Waals surface area contributed by atoms with Gasteiger partial charge < -0.3 is 20.3 Å². The first kappa shape index (κ1) is 32.0. The highest BCUT2D eigenvalue weighted by Gasteiger charge is 2.37. The molecule has 4 aromatic carbocycles. The molecule has 0 aliphatic carbocycles. The van der Waals surface area contributed by atoms with E-state index in [0.29, 0.717) is 5.69 Å². The summed E-state index contributed by atoms with van der Waals surface area (Å²) in [7, 11) is 0. The van der Waals surface area contributed by atoms with Crippen molar-refractivity contribution < 1.29 is 19.1 Å². The molecular formula is C37H41N3O4. The van der Waals surface area contributed by atoms with Gasteiger partial charge in [0.2, 0.25) is 5.91 Å². The minimum atomic E-state index is -1.01. The van der Waals surface area contributed by atoms with E-state index < -0.39 is 29.7 Å². The zero-order valence-corrected chi connectivity index (χ0v) is 26.1. The van der Waals surface area contributed by atoms with Gasteiger partial charge in [-0.15, -0.1) is 6.58 Å². The number of amides is 3. The number of nitrogens with zero attached hydrogens (tertiary/aromatic N) is 1. The van der Waals surface area contributed by atoms with Gasteiger partial charge in [0.25, 0.3) is 5.91 Å². The average molecular weight is 592 g/mol. The van der Waals surface area contributed by atoms with Gasteiger partial charge in [0.05, 0.1) is 0 Å². The smallest absolute Gasteiger partial charge is 0.408 e. The van der Waals surface area contributed by atoms with Crippen molar-refractivity contribution in [2.45, 2.75) is 58.7 Å². The van der Waals surface area contributed by atoms with E-state index >= 15 is 0 Å². The number of aryl methyl sites for hydroxylation is 2. The molecule has 0 saturated carbocycles. The molecule has 2 N–H and O–H groups in total. The fraction of sp³-hybridized carbons (Fsp3) is 0.270. The van der Waals surface area contributed by atoms with Crippen LogP contribution in [-0.4, -0.2) is 41.0 Å². The Morgan fingerprint density at radius 3 is 2.14 bits per heavy atom. The Kier molecular flexibility index (Phi) is 10.2. The number of anilines is 1. The number of rotatable bonds is 10. The number of benzene rings is 4. The van der Waals surface area contributed by atoms with Crippen molar-refractivity contribution in [3.8, 4) is 0 Å². The SMILES string of the molecule is C=CCN(C(=O)C(Cc1ccccc1)NC(=O)OC(C)(C)C)C(C(=O)Nc1ccc2ccccc2c1)c1c(C)cccc1C. The van der Waals surface area contributed by atoms with Crippen molar-refractivity contribution in [2.24, 2.45) is 0 Å². The molecule has 0 aromatic heterocycles. The Bertz CT molecular complexity index is 1620. The number of nitrogens with one attached hydrogen (secondary N) is 2. The predicted molar refractivity (Wildman–Crippen MR) is 176 cm³/mol. The molecule has 4 aromatic rings. The third-order valence-electron chi connectivity index (χ3n) is 7.27. The van der Waals surface area contributed by atoms with E-state index in [1.807, 2.05) is 105 Å². The highest BCUT2D eigenvalue weighted by molar-refractivity contribution is 6.01. The predicted octanol–water partition coefficient (Wildman–Crippen LogP) is 7.29. The zero-order chi connectivity index (χ0) is 31.9. The van der Waals surface area contributed by atoms with E-state index in [1.54, 1.807) is 26.8 Å². The topological polar surface area (TPSA) is 87.7 Å². The van der Waals surface area contributed by atoms with Crippen LogP contribution in [0.1, 0.15) is 49.1 Å². The summed E-state index contributed by atoms with van der Waals surface area (Å²) in [5.74, 6) is -0.801. The summed E-state index contributed by atoms with van der Waals surface area (Å²) >= 11 is 0. The highest BCUT2D eigenvalue weighted by atomic mass is 16.6. The van der Waals surface area contributed by atoms with Gasteiger partial charge in [0.1, 0.15) is 17.7 Å². The second-order valence-electron chi connectivity index (χ2n) is 11.9. The van der Waals surface area contributed by atoms with Gasteiger partial charge in [-0.2, -0.15) is 0 Å². The van der Waals surface area contributed by atoms with E-state index in [9.17, 15) is 14.4 Å². The number of alkyl carbamates (subject to hydrolysis) is 1. The first-order chi connectivity index (χ1) is 21.0. The molecule has 3 amide bonds. The van der Waals surface area contributed by atoms with Gasteiger partial charge in [-0.3, -0.25) is 9.59 Å². The molecule has 0 fully saturated rings. The first-order valence-electron chi connectivity index (χ1n) is 14.8. The second kappa shape index (κ2) is 14.0. The summed E-state index contributed by atoms with van der Waals surface area (Å²) in [6.07, 6.45) is 1.09. The zero-order valence-electron chi connectivity index (χ0n) is 26.1. The van der Waals surface area contributed by atoms with Crippen LogP contribution in [0.15, 0.2) is 104 Å². The molecule has 0 bridgehead atoms. The van der Waals surface area contributed by atoms with E-state index in [0.717, 1.165) is 33.0 Å². The molecule has 0 aliphatic rings. The van der Waals surface area contributed by atoms with Gasteiger partial charge in [0.15, 0.2) is 0 Å². The maximum absolute atomic E-state index is 14.5. The maximum Gasteiger partial charge on any atom is 0.408 e. The maximum atomic E-state index is 14.5. The largest absolute Gasteiger partial charge is 0.444 e. The lowest BCUT2D eigenvalue weighted by Crippen LogP contribution is -2.53. The Balaban J connectivity index is 1.76. The van der Waals surface area contributed by atoms with Crippen LogP contribution in [0, 0.1) is 13.8 Å². The summed E-state index contributed by atoms with van der Waals surface area (Å²) in [5, 5.41) is 7.89. The summed E-state index contributed by atoms with van der Waals surface area (Å²) in [6, 6.07) is 26.8. The molecule has 2 atom stereocenters. The lowest BCUT2D eigenvalue weighted by Gasteiger charge is -2.35. The molecule has 7 heteroatoms. The summed E-state index contributed by atoms with van der Waals surface area (Å²) in [5.41, 5.74) is 3.16. The van der Waals surface area contributed by atoms with Gasteiger partial charge in [0, 0.05) is 18.7 Å².